The first-order chi connectivity index (χ1) is 19.0. The van der Waals surface area contributed by atoms with Crippen LogP contribution in [0.1, 0.15) is 60.3 Å². The smallest absolute Gasteiger partial charge is 0.326 e. The Labute approximate surface area is 238 Å². The molecule has 0 aliphatic heterocycles. The van der Waals surface area contributed by atoms with Crippen molar-refractivity contribution in [3.63, 3.8) is 0 Å². The van der Waals surface area contributed by atoms with Crippen LogP contribution < -0.4 is 32.3 Å². The van der Waals surface area contributed by atoms with Crippen molar-refractivity contribution in [2.24, 2.45) is 17.6 Å². The zero-order chi connectivity index (χ0) is 31.9. The lowest BCUT2D eigenvalue weighted by atomic mass is 9.99. The van der Waals surface area contributed by atoms with Crippen LogP contribution >= 0.6 is 0 Å². The summed E-state index contributed by atoms with van der Waals surface area (Å²) in [5.74, 6) is -7.10. The van der Waals surface area contributed by atoms with E-state index in [4.69, 9.17) is 10.8 Å². The van der Waals surface area contributed by atoms with Gasteiger partial charge in [0.1, 0.15) is 24.2 Å². The van der Waals surface area contributed by atoms with Crippen LogP contribution in [0.2, 0.25) is 0 Å². The van der Waals surface area contributed by atoms with E-state index in [-0.39, 0.29) is 18.8 Å². The maximum atomic E-state index is 12.9. The first-order valence-electron chi connectivity index (χ1n) is 13.3. The molecule has 0 aliphatic rings. The highest BCUT2D eigenvalue weighted by Crippen LogP contribution is 2.09. The third kappa shape index (κ3) is 14.4. The predicted octanol–water partition coefficient (Wildman–Crippen LogP) is -2.58. The van der Waals surface area contributed by atoms with E-state index in [9.17, 15) is 43.8 Å². The fraction of sp³-hybridized carbons (Fsp3) is 0.720. The van der Waals surface area contributed by atoms with Gasteiger partial charge in [0.2, 0.25) is 29.5 Å². The number of amides is 5. The average molecular weight is 589 g/mol. The molecule has 0 aromatic heterocycles. The number of aliphatic hydroxyl groups is 1. The topological polar surface area (TPSA) is 266 Å². The van der Waals surface area contributed by atoms with Gasteiger partial charge in [-0.05, 0) is 31.6 Å². The van der Waals surface area contributed by atoms with Gasteiger partial charge in [-0.15, -0.1) is 0 Å². The predicted molar refractivity (Wildman–Crippen MR) is 145 cm³/mol. The summed E-state index contributed by atoms with van der Waals surface area (Å²) in [6.07, 6.45) is -0.138. The van der Waals surface area contributed by atoms with Gasteiger partial charge in [-0.3, -0.25) is 28.8 Å². The van der Waals surface area contributed by atoms with E-state index in [0.717, 1.165) is 0 Å². The molecule has 16 heteroatoms. The zero-order valence-corrected chi connectivity index (χ0v) is 24.1. The van der Waals surface area contributed by atoms with Crippen LogP contribution in [0, 0.1) is 11.8 Å². The molecule has 0 spiro atoms. The Morgan fingerprint density at radius 1 is 0.756 bits per heavy atom. The van der Waals surface area contributed by atoms with Gasteiger partial charge in [0, 0.05) is 6.42 Å². The number of nitrogens with one attached hydrogen (secondary N) is 5. The second kappa shape index (κ2) is 18.5. The molecule has 6 atom stereocenters. The van der Waals surface area contributed by atoms with Gasteiger partial charge in [0.25, 0.3) is 0 Å². The SMILES string of the molecule is CC[C@H](C)[C@H](NC(=O)[C@H](CO)NC(=O)[C@H](CC(C)C)NC(=O)CNC(=O)[C@H](CCC(=O)O)NC(=O)[C@H](C)N)C(=O)O. The van der Waals surface area contributed by atoms with E-state index in [0.29, 0.717) is 6.42 Å². The molecule has 0 bridgehead atoms. The minimum Gasteiger partial charge on any atom is -0.481 e. The summed E-state index contributed by atoms with van der Waals surface area (Å²) in [4.78, 5) is 85.0. The molecule has 0 unspecified atom stereocenters. The van der Waals surface area contributed by atoms with Gasteiger partial charge < -0.3 is 47.6 Å². The van der Waals surface area contributed by atoms with Gasteiger partial charge in [-0.25, -0.2) is 4.79 Å². The number of aliphatic carboxylic acids is 2. The summed E-state index contributed by atoms with van der Waals surface area (Å²) in [5.41, 5.74) is 5.48. The van der Waals surface area contributed by atoms with Crippen molar-refractivity contribution in [1.29, 1.82) is 0 Å². The van der Waals surface area contributed by atoms with Crippen LogP contribution in [0.15, 0.2) is 0 Å². The van der Waals surface area contributed by atoms with E-state index in [1.165, 1.54) is 6.92 Å². The maximum absolute atomic E-state index is 12.9. The summed E-state index contributed by atoms with van der Waals surface area (Å²) in [7, 11) is 0. The van der Waals surface area contributed by atoms with Gasteiger partial charge in [-0.2, -0.15) is 0 Å². The minimum atomic E-state index is -1.50. The highest BCUT2D eigenvalue weighted by molar-refractivity contribution is 5.95. The first-order valence-corrected chi connectivity index (χ1v) is 13.3. The summed E-state index contributed by atoms with van der Waals surface area (Å²) in [6, 6.07) is -6.18. The van der Waals surface area contributed by atoms with E-state index >= 15 is 0 Å². The first kappa shape index (κ1) is 37.2. The highest BCUT2D eigenvalue weighted by Gasteiger charge is 2.31. The molecular formula is C25H44N6O10. The number of nitrogens with two attached hydrogens (primary N) is 1. The molecule has 5 amide bonds. The van der Waals surface area contributed by atoms with Crippen molar-refractivity contribution in [1.82, 2.24) is 26.6 Å². The number of carbonyl (C=O) groups excluding carboxylic acids is 5. The molecule has 16 nitrogen and oxygen atoms in total. The molecule has 0 aromatic carbocycles. The van der Waals surface area contributed by atoms with Gasteiger partial charge in [-0.1, -0.05) is 34.1 Å². The number of hydrogen-bond acceptors (Lipinski definition) is 9. The Bertz CT molecular complexity index is 942. The number of aliphatic hydroxyl groups excluding tert-OH is 1. The summed E-state index contributed by atoms with van der Waals surface area (Å²) in [5, 5.41) is 39.6. The quantitative estimate of drug-likeness (QED) is 0.0756. The molecular weight excluding hydrogens is 544 g/mol. The van der Waals surface area contributed by atoms with Gasteiger partial charge in [0.05, 0.1) is 19.2 Å². The molecule has 0 rings (SSSR count). The second-order valence-corrected chi connectivity index (χ2v) is 10.2. The van der Waals surface area contributed by atoms with E-state index in [1.54, 1.807) is 27.7 Å². The van der Waals surface area contributed by atoms with Gasteiger partial charge >= 0.3 is 11.9 Å². The van der Waals surface area contributed by atoms with Gasteiger partial charge in [0.15, 0.2) is 0 Å². The van der Waals surface area contributed by atoms with E-state index < -0.39 is 97.2 Å². The Balaban J connectivity index is 5.38. The third-order valence-electron chi connectivity index (χ3n) is 6.07. The number of hydrogen-bond donors (Lipinski definition) is 9. The number of rotatable bonds is 19. The standard InChI is InChI=1S/C25H44N6O10/c1-6-13(4)20(25(40)41)31-24(39)17(11-32)30-23(38)16(9-12(2)3)28-18(33)10-27-22(37)15(7-8-19(34)35)29-21(36)14(5)26/h12-17,20,32H,6-11,26H2,1-5H3,(H,27,37)(H,28,33)(H,29,36)(H,30,38)(H,31,39)(H,34,35)(H,40,41)/t13-,14-,15-,16-,17-,20-/m0/s1. The molecule has 0 saturated heterocycles. The van der Waals surface area contributed by atoms with Crippen molar-refractivity contribution >= 4 is 41.5 Å². The molecule has 41 heavy (non-hydrogen) atoms. The Hall–Kier alpha value is -3.79. The molecule has 0 aromatic rings. The Morgan fingerprint density at radius 2 is 1.32 bits per heavy atom. The van der Waals surface area contributed by atoms with Crippen molar-refractivity contribution in [2.75, 3.05) is 13.2 Å². The molecule has 0 aliphatic carbocycles. The normalized spacial score (nSPS) is 15.3. The molecule has 10 N–H and O–H groups in total. The van der Waals surface area contributed by atoms with Crippen molar-refractivity contribution < 1.29 is 48.9 Å². The maximum Gasteiger partial charge on any atom is 0.326 e. The van der Waals surface area contributed by atoms with Crippen molar-refractivity contribution in [3.8, 4) is 0 Å². The van der Waals surface area contributed by atoms with Crippen LogP contribution in [-0.2, 0) is 33.6 Å². The lowest BCUT2D eigenvalue weighted by Crippen LogP contribution is -2.58. The van der Waals surface area contributed by atoms with E-state index in [1.807, 2.05) is 0 Å². The minimum absolute atomic E-state index is 0.113. The van der Waals surface area contributed by atoms with Crippen LogP contribution in [0.5, 0.6) is 0 Å². The zero-order valence-electron chi connectivity index (χ0n) is 24.1. The third-order valence-corrected chi connectivity index (χ3v) is 6.07. The molecule has 0 saturated carbocycles. The fourth-order valence-corrected chi connectivity index (χ4v) is 3.48. The number of carboxylic acids is 2. The molecule has 0 radical (unpaired) electrons. The number of carbonyl (C=O) groups is 7. The van der Waals surface area contributed by atoms with Crippen LogP contribution in [0.25, 0.3) is 0 Å². The van der Waals surface area contributed by atoms with Crippen molar-refractivity contribution in [2.45, 2.75) is 90.5 Å². The molecule has 234 valence electrons. The summed E-state index contributed by atoms with van der Waals surface area (Å²) < 4.78 is 0. The lowest BCUT2D eigenvalue weighted by molar-refractivity contribution is -0.144. The Kier molecular flexibility index (Phi) is 16.8. The number of carboxylic acid groups (broad SMARTS) is 2. The fourth-order valence-electron chi connectivity index (χ4n) is 3.48. The monoisotopic (exact) mass is 588 g/mol. The largest absolute Gasteiger partial charge is 0.481 e. The molecule has 0 fully saturated rings. The Morgan fingerprint density at radius 3 is 1.78 bits per heavy atom. The summed E-state index contributed by atoms with van der Waals surface area (Å²) >= 11 is 0. The highest BCUT2D eigenvalue weighted by atomic mass is 16.4. The van der Waals surface area contributed by atoms with Crippen LogP contribution in [0.3, 0.4) is 0 Å². The lowest BCUT2D eigenvalue weighted by Gasteiger charge is -2.26. The van der Waals surface area contributed by atoms with Crippen molar-refractivity contribution in [3.05, 3.63) is 0 Å². The van der Waals surface area contributed by atoms with Crippen LogP contribution in [-0.4, -0.2) is 100 Å². The average Bonchev–Trinajstić information content (AvgIpc) is 2.89. The van der Waals surface area contributed by atoms with E-state index in [2.05, 4.69) is 26.6 Å². The van der Waals surface area contributed by atoms with Crippen LogP contribution in [0.4, 0.5) is 0 Å². The second-order valence-electron chi connectivity index (χ2n) is 10.2. The molecule has 0 heterocycles. The summed E-state index contributed by atoms with van der Waals surface area (Å²) in [6.45, 7) is 6.80.